The monoisotopic (exact) mass is 285 g/mol. The number of carbonyl (C=O) groups excluding carboxylic acids is 2. The van der Waals surface area contributed by atoms with E-state index >= 15 is 0 Å². The number of carbonyl (C=O) groups is 2. The van der Waals surface area contributed by atoms with Crippen LogP contribution in [0.15, 0.2) is 36.3 Å². The van der Waals surface area contributed by atoms with Gasteiger partial charge >= 0.3 is 0 Å². The van der Waals surface area contributed by atoms with Crippen molar-refractivity contribution in [1.82, 2.24) is 15.3 Å². The number of rotatable bonds is 3. The van der Waals surface area contributed by atoms with E-state index in [4.69, 9.17) is 0 Å². The summed E-state index contributed by atoms with van der Waals surface area (Å²) >= 11 is 1.26. The lowest BCUT2D eigenvalue weighted by Gasteiger charge is -2.12. The summed E-state index contributed by atoms with van der Waals surface area (Å²) in [6, 6.07) is 3.70. The van der Waals surface area contributed by atoms with Gasteiger partial charge in [0.25, 0.3) is 0 Å². The van der Waals surface area contributed by atoms with E-state index in [0.29, 0.717) is 17.1 Å². The first-order valence-electron chi connectivity index (χ1n) is 6.06. The summed E-state index contributed by atoms with van der Waals surface area (Å²) in [5, 5.41) is 3.72. The van der Waals surface area contributed by atoms with E-state index in [-0.39, 0.29) is 17.3 Å². The topological polar surface area (TPSA) is 72.0 Å². The van der Waals surface area contributed by atoms with E-state index in [0.717, 1.165) is 10.6 Å². The number of aromatic nitrogens is 2. The quantitative estimate of drug-likeness (QED) is 0.932. The molecule has 2 aromatic heterocycles. The number of nitrogens with one attached hydrogen (secondary N) is 1. The van der Waals surface area contributed by atoms with Gasteiger partial charge in [-0.15, -0.1) is 11.3 Å². The number of pyridine rings is 1. The van der Waals surface area contributed by atoms with E-state index < -0.39 is 0 Å². The molecule has 0 spiro atoms. The molecule has 5 nitrogen and oxygen atoms in total. The van der Waals surface area contributed by atoms with Gasteiger partial charge < -0.3 is 5.32 Å². The highest BCUT2D eigenvalue weighted by molar-refractivity contribution is 7.14. The second-order valence-corrected chi connectivity index (χ2v) is 5.57. The molecule has 1 aliphatic carbocycles. The zero-order chi connectivity index (χ0) is 14.1. The van der Waals surface area contributed by atoms with E-state index in [1.807, 2.05) is 12.1 Å². The number of nitrogens with zero attached hydrogens (tertiary/aromatic N) is 2. The van der Waals surface area contributed by atoms with Crippen LogP contribution in [-0.2, 0) is 6.54 Å². The maximum atomic E-state index is 12.2. The molecule has 100 valence electrons. The van der Waals surface area contributed by atoms with Crippen LogP contribution in [0.4, 0.5) is 0 Å². The van der Waals surface area contributed by atoms with Gasteiger partial charge in [-0.1, -0.05) is 0 Å². The largest absolute Gasteiger partial charge is 0.378 e. The van der Waals surface area contributed by atoms with Crippen molar-refractivity contribution >= 4 is 22.9 Å². The van der Waals surface area contributed by atoms with Gasteiger partial charge in [0.05, 0.1) is 10.7 Å². The third-order valence-electron chi connectivity index (χ3n) is 2.93. The predicted octanol–water partition coefficient (Wildman–Crippen LogP) is 1.90. The molecule has 2 aromatic rings. The number of hydrogen-bond donors (Lipinski definition) is 1. The van der Waals surface area contributed by atoms with Crippen LogP contribution in [0.1, 0.15) is 30.7 Å². The van der Waals surface area contributed by atoms with Crippen molar-refractivity contribution in [3.8, 4) is 0 Å². The first-order valence-corrected chi connectivity index (χ1v) is 6.88. The number of ketones is 2. The van der Waals surface area contributed by atoms with Crippen molar-refractivity contribution in [3.05, 3.63) is 57.4 Å². The lowest BCUT2D eigenvalue weighted by molar-refractivity contribution is 0.0977. The Bertz CT molecular complexity index is 719. The van der Waals surface area contributed by atoms with Gasteiger partial charge in [-0.2, -0.15) is 0 Å². The number of Topliss-reactive ketones (excluding diaryl/α,β-unsaturated/α-hetero) is 1. The summed E-state index contributed by atoms with van der Waals surface area (Å²) in [4.78, 5) is 32.7. The van der Waals surface area contributed by atoms with E-state index in [9.17, 15) is 9.59 Å². The van der Waals surface area contributed by atoms with Gasteiger partial charge in [-0.3, -0.25) is 14.6 Å². The van der Waals surface area contributed by atoms with Crippen molar-refractivity contribution in [2.75, 3.05) is 0 Å². The maximum absolute atomic E-state index is 12.2. The highest BCUT2D eigenvalue weighted by Crippen LogP contribution is 2.25. The fourth-order valence-corrected chi connectivity index (χ4v) is 2.79. The van der Waals surface area contributed by atoms with Crippen molar-refractivity contribution < 1.29 is 9.59 Å². The average Bonchev–Trinajstić information content (AvgIpc) is 2.85. The van der Waals surface area contributed by atoms with Crippen LogP contribution in [0.25, 0.3) is 0 Å². The summed E-state index contributed by atoms with van der Waals surface area (Å²) in [6.45, 7) is 2.25. The van der Waals surface area contributed by atoms with Gasteiger partial charge in [0.2, 0.25) is 5.78 Å². The molecule has 0 aliphatic heterocycles. The molecule has 0 aromatic carbocycles. The molecule has 0 amide bonds. The molecular formula is C14H11N3O2S. The number of hydrogen-bond acceptors (Lipinski definition) is 6. The molecule has 1 aliphatic rings. The first kappa shape index (κ1) is 12.7. The smallest absolute Gasteiger partial charge is 0.228 e. The Morgan fingerprint density at radius 1 is 1.25 bits per heavy atom. The standard InChI is InChI=1S/C14H11N3O2S/c1-8-17-12-13(19)10(6-11(18)14(12)20-8)16-7-9-2-4-15-5-3-9/h2-6,16H,7H2,1H3. The zero-order valence-electron chi connectivity index (χ0n) is 10.7. The maximum Gasteiger partial charge on any atom is 0.228 e. The lowest BCUT2D eigenvalue weighted by atomic mass is 10.0. The molecule has 1 N–H and O–H groups in total. The minimum absolute atomic E-state index is 0.164. The molecular weight excluding hydrogens is 274 g/mol. The Hall–Kier alpha value is -2.34. The van der Waals surface area contributed by atoms with Gasteiger partial charge in [-0.05, 0) is 24.6 Å². The predicted molar refractivity (Wildman–Crippen MR) is 74.7 cm³/mol. The van der Waals surface area contributed by atoms with Gasteiger partial charge in [0.15, 0.2) is 5.78 Å². The normalized spacial score (nSPS) is 13.9. The number of allylic oxidation sites excluding steroid dienone is 2. The fraction of sp³-hybridized carbons (Fsp3) is 0.143. The third-order valence-corrected chi connectivity index (χ3v) is 3.91. The van der Waals surface area contributed by atoms with Crippen LogP contribution >= 0.6 is 11.3 Å². The molecule has 0 atom stereocenters. The number of aryl methyl sites for hydroxylation is 1. The second kappa shape index (κ2) is 4.97. The molecule has 0 saturated carbocycles. The Kier molecular flexibility index (Phi) is 3.15. The van der Waals surface area contributed by atoms with E-state index in [1.54, 1.807) is 19.3 Å². The SMILES string of the molecule is Cc1nc2c(s1)C(=O)C=C(NCc1ccncc1)C2=O. The molecule has 6 heteroatoms. The number of fused-ring (bicyclic) bond motifs is 1. The van der Waals surface area contributed by atoms with Crippen LogP contribution < -0.4 is 5.32 Å². The van der Waals surface area contributed by atoms with Crippen molar-refractivity contribution in [2.24, 2.45) is 0 Å². The Labute approximate surface area is 119 Å². The summed E-state index contributed by atoms with van der Waals surface area (Å²) in [7, 11) is 0. The Balaban J connectivity index is 1.81. The zero-order valence-corrected chi connectivity index (χ0v) is 11.5. The molecule has 0 saturated heterocycles. The minimum atomic E-state index is -0.224. The van der Waals surface area contributed by atoms with Crippen molar-refractivity contribution in [1.29, 1.82) is 0 Å². The van der Waals surface area contributed by atoms with Gasteiger partial charge in [0.1, 0.15) is 10.6 Å². The van der Waals surface area contributed by atoms with Crippen LogP contribution in [0.5, 0.6) is 0 Å². The highest BCUT2D eigenvalue weighted by atomic mass is 32.1. The van der Waals surface area contributed by atoms with E-state index in [2.05, 4.69) is 15.3 Å². The molecule has 0 unspecified atom stereocenters. The van der Waals surface area contributed by atoms with Gasteiger partial charge in [0, 0.05) is 25.0 Å². The number of thiazole rings is 1. The van der Waals surface area contributed by atoms with Crippen molar-refractivity contribution in [2.45, 2.75) is 13.5 Å². The van der Waals surface area contributed by atoms with E-state index in [1.165, 1.54) is 17.4 Å². The van der Waals surface area contributed by atoms with Crippen LogP contribution in [-0.4, -0.2) is 21.5 Å². The third kappa shape index (κ3) is 2.25. The summed E-state index contributed by atoms with van der Waals surface area (Å²) in [6.07, 6.45) is 4.71. The summed E-state index contributed by atoms with van der Waals surface area (Å²) in [5.41, 5.74) is 1.54. The fourth-order valence-electron chi connectivity index (χ4n) is 1.97. The Morgan fingerprint density at radius 3 is 2.75 bits per heavy atom. The average molecular weight is 285 g/mol. The Morgan fingerprint density at radius 2 is 2.00 bits per heavy atom. The molecule has 0 bridgehead atoms. The molecule has 3 rings (SSSR count). The minimum Gasteiger partial charge on any atom is -0.378 e. The molecule has 0 fully saturated rings. The van der Waals surface area contributed by atoms with Crippen LogP contribution in [0.2, 0.25) is 0 Å². The van der Waals surface area contributed by atoms with Crippen LogP contribution in [0, 0.1) is 6.92 Å². The molecule has 20 heavy (non-hydrogen) atoms. The molecule has 0 radical (unpaired) electrons. The second-order valence-electron chi connectivity index (χ2n) is 4.37. The lowest BCUT2D eigenvalue weighted by Crippen LogP contribution is -2.26. The van der Waals surface area contributed by atoms with Crippen molar-refractivity contribution in [3.63, 3.8) is 0 Å². The summed E-state index contributed by atoms with van der Waals surface area (Å²) in [5.74, 6) is -0.388. The highest BCUT2D eigenvalue weighted by Gasteiger charge is 2.29. The van der Waals surface area contributed by atoms with Gasteiger partial charge in [-0.25, -0.2) is 4.98 Å². The molecule has 2 heterocycles. The summed E-state index contributed by atoms with van der Waals surface area (Å²) < 4.78 is 0. The first-order chi connectivity index (χ1) is 9.65. The van der Waals surface area contributed by atoms with Crippen LogP contribution in [0.3, 0.4) is 0 Å².